The van der Waals surface area contributed by atoms with E-state index in [-0.39, 0.29) is 19.0 Å². The van der Waals surface area contributed by atoms with E-state index in [9.17, 15) is 18.0 Å². The van der Waals surface area contributed by atoms with Gasteiger partial charge in [0.1, 0.15) is 6.17 Å². The summed E-state index contributed by atoms with van der Waals surface area (Å²) in [5, 5.41) is 0. The summed E-state index contributed by atoms with van der Waals surface area (Å²) in [5.74, 6) is 0.144. The molecule has 0 radical (unpaired) electrons. The highest BCUT2D eigenvalue weighted by atomic mass is 19.4. The number of hydrogen-bond donors (Lipinski definition) is 0. The van der Waals surface area contributed by atoms with E-state index < -0.39 is 24.0 Å². The molecule has 2 aromatic carbocycles. The zero-order valence-corrected chi connectivity index (χ0v) is 24.3. The molecular weight excluding hydrogens is 544 g/mol. The van der Waals surface area contributed by atoms with E-state index in [1.807, 2.05) is 48.3 Å². The minimum atomic E-state index is -4.43. The smallest absolute Gasteiger partial charge is 0.345 e. The number of anilines is 2. The van der Waals surface area contributed by atoms with Gasteiger partial charge in [0.25, 0.3) is 0 Å². The zero-order chi connectivity index (χ0) is 30.3. The molecule has 1 amide bonds. The van der Waals surface area contributed by atoms with Crippen LogP contribution in [-0.4, -0.2) is 59.6 Å². The number of rotatable bonds is 10. The summed E-state index contributed by atoms with van der Waals surface area (Å²) in [6.45, 7) is 6.28. The van der Waals surface area contributed by atoms with Crippen LogP contribution in [0.3, 0.4) is 0 Å². The molecule has 1 aliphatic heterocycles. The summed E-state index contributed by atoms with van der Waals surface area (Å²) in [7, 11) is 1.95. The monoisotopic (exact) mass is 582 g/mol. The van der Waals surface area contributed by atoms with Crippen molar-refractivity contribution in [1.82, 2.24) is 14.8 Å². The number of pyridine rings is 1. The molecule has 3 aromatic rings. The SMILES string of the molecule is CC(C)CCN1CC[C@H](N(Cc2ccc(N(C)c3ccncc3)cc2)C(=O)C=Cc2ccc(C(F)(F)F)cc2)[C@@H](F)C1. The Balaban J connectivity index is 1.51. The topological polar surface area (TPSA) is 39.7 Å². The Morgan fingerprint density at radius 2 is 1.67 bits per heavy atom. The normalized spacial score (nSPS) is 18.0. The van der Waals surface area contributed by atoms with Crippen LogP contribution in [0.2, 0.25) is 0 Å². The Morgan fingerprint density at radius 1 is 1.02 bits per heavy atom. The number of nitrogens with zero attached hydrogens (tertiary/aromatic N) is 4. The van der Waals surface area contributed by atoms with Crippen LogP contribution in [0.4, 0.5) is 28.9 Å². The predicted molar refractivity (Wildman–Crippen MR) is 159 cm³/mol. The summed E-state index contributed by atoms with van der Waals surface area (Å²) < 4.78 is 54.4. The van der Waals surface area contributed by atoms with E-state index in [4.69, 9.17) is 0 Å². The predicted octanol–water partition coefficient (Wildman–Crippen LogP) is 7.37. The van der Waals surface area contributed by atoms with Crippen molar-refractivity contribution in [3.8, 4) is 0 Å². The van der Waals surface area contributed by atoms with E-state index in [1.54, 1.807) is 17.3 Å². The Labute approximate surface area is 245 Å². The van der Waals surface area contributed by atoms with Gasteiger partial charge in [-0.25, -0.2) is 4.39 Å². The van der Waals surface area contributed by atoms with Crippen LogP contribution in [0, 0.1) is 5.92 Å². The summed E-state index contributed by atoms with van der Waals surface area (Å²) >= 11 is 0. The molecular formula is C33H38F4N4O. The number of amides is 1. The molecule has 2 heterocycles. The number of halogens is 4. The average Bonchev–Trinajstić information content (AvgIpc) is 2.98. The fraction of sp³-hybridized carbons (Fsp3) is 0.394. The summed E-state index contributed by atoms with van der Waals surface area (Å²) in [5.41, 5.74) is 2.49. The van der Waals surface area contributed by atoms with Gasteiger partial charge in [-0.2, -0.15) is 13.2 Å². The molecule has 0 N–H and O–H groups in total. The van der Waals surface area contributed by atoms with E-state index in [1.165, 1.54) is 24.3 Å². The summed E-state index contributed by atoms with van der Waals surface area (Å²) in [6, 6.07) is 15.6. The van der Waals surface area contributed by atoms with Gasteiger partial charge in [-0.15, -0.1) is 0 Å². The minimum absolute atomic E-state index is 0.215. The molecule has 0 saturated carbocycles. The summed E-state index contributed by atoms with van der Waals surface area (Å²) in [4.78, 5) is 23.3. The molecule has 9 heteroatoms. The van der Waals surface area contributed by atoms with Crippen LogP contribution in [0.5, 0.6) is 0 Å². The van der Waals surface area contributed by atoms with Crippen molar-refractivity contribution < 1.29 is 22.4 Å². The first kappa shape index (κ1) is 31.2. The third kappa shape index (κ3) is 8.41. The lowest BCUT2D eigenvalue weighted by Gasteiger charge is -2.40. The van der Waals surface area contributed by atoms with E-state index >= 15 is 4.39 Å². The van der Waals surface area contributed by atoms with E-state index in [2.05, 4.69) is 23.7 Å². The molecule has 1 aromatic heterocycles. The van der Waals surface area contributed by atoms with Gasteiger partial charge < -0.3 is 14.7 Å². The number of likely N-dealkylation sites (tertiary alicyclic amines) is 1. The molecule has 1 aliphatic rings. The number of piperidine rings is 1. The number of carbonyl (C=O) groups excluding carboxylic acids is 1. The first-order valence-corrected chi connectivity index (χ1v) is 14.3. The van der Waals surface area contributed by atoms with Gasteiger partial charge in [0.05, 0.1) is 11.6 Å². The number of aromatic nitrogens is 1. The van der Waals surface area contributed by atoms with E-state index in [0.717, 1.165) is 42.0 Å². The number of carbonyl (C=O) groups is 1. The molecule has 0 spiro atoms. The number of benzene rings is 2. The highest BCUT2D eigenvalue weighted by molar-refractivity contribution is 5.92. The van der Waals surface area contributed by atoms with Crippen molar-refractivity contribution in [1.29, 1.82) is 0 Å². The second-order valence-corrected chi connectivity index (χ2v) is 11.2. The van der Waals surface area contributed by atoms with Crippen molar-refractivity contribution in [3.05, 3.63) is 95.8 Å². The van der Waals surface area contributed by atoms with Crippen molar-refractivity contribution in [2.75, 3.05) is 31.6 Å². The van der Waals surface area contributed by atoms with Crippen LogP contribution < -0.4 is 4.90 Å². The van der Waals surface area contributed by atoms with Gasteiger partial charge in [-0.05, 0) is 78.9 Å². The largest absolute Gasteiger partial charge is 0.416 e. The third-order valence-electron chi connectivity index (χ3n) is 7.68. The Kier molecular flexibility index (Phi) is 10.4. The van der Waals surface area contributed by atoms with Crippen LogP contribution in [0.15, 0.2) is 79.1 Å². The van der Waals surface area contributed by atoms with Crippen molar-refractivity contribution in [2.45, 2.75) is 51.6 Å². The van der Waals surface area contributed by atoms with Crippen LogP contribution in [0.1, 0.15) is 43.4 Å². The zero-order valence-electron chi connectivity index (χ0n) is 24.3. The van der Waals surface area contributed by atoms with Gasteiger partial charge in [0.2, 0.25) is 5.91 Å². The van der Waals surface area contributed by atoms with Crippen LogP contribution in [0.25, 0.3) is 6.08 Å². The molecule has 4 rings (SSSR count). The standard InChI is InChI=1S/C33H38F4N4O/c1-24(2)16-20-40-21-17-31(30(34)23-40)41(32(42)13-8-25-4-9-27(10-5-25)33(35,36)37)22-26-6-11-28(12-7-26)39(3)29-14-18-38-19-15-29/h4-15,18-19,24,30-31H,16-17,20-23H2,1-3H3/t30-,31-/m0/s1. The molecule has 0 bridgehead atoms. The number of hydrogen-bond acceptors (Lipinski definition) is 4. The average molecular weight is 583 g/mol. The van der Waals surface area contributed by atoms with Crippen LogP contribution in [-0.2, 0) is 17.5 Å². The van der Waals surface area contributed by atoms with Gasteiger partial charge in [0, 0.05) is 56.5 Å². The highest BCUT2D eigenvalue weighted by Gasteiger charge is 2.35. The highest BCUT2D eigenvalue weighted by Crippen LogP contribution is 2.30. The first-order valence-electron chi connectivity index (χ1n) is 14.3. The summed E-state index contributed by atoms with van der Waals surface area (Å²) in [6.07, 6.45) is 2.09. The van der Waals surface area contributed by atoms with Gasteiger partial charge in [0.15, 0.2) is 0 Å². The van der Waals surface area contributed by atoms with Gasteiger partial charge in [-0.3, -0.25) is 9.78 Å². The lowest BCUT2D eigenvalue weighted by atomic mass is 9.99. The molecule has 1 saturated heterocycles. The second kappa shape index (κ2) is 14.0. The minimum Gasteiger partial charge on any atom is -0.345 e. The molecule has 42 heavy (non-hydrogen) atoms. The van der Waals surface area contributed by atoms with Crippen molar-refractivity contribution in [3.63, 3.8) is 0 Å². The van der Waals surface area contributed by atoms with Crippen molar-refractivity contribution in [2.24, 2.45) is 5.92 Å². The maximum Gasteiger partial charge on any atom is 0.416 e. The van der Waals surface area contributed by atoms with Crippen molar-refractivity contribution >= 4 is 23.4 Å². The maximum atomic E-state index is 15.6. The van der Waals surface area contributed by atoms with E-state index in [0.29, 0.717) is 24.4 Å². The quantitative estimate of drug-likeness (QED) is 0.185. The molecule has 5 nitrogen and oxygen atoms in total. The fourth-order valence-electron chi connectivity index (χ4n) is 5.09. The Hall–Kier alpha value is -3.72. The molecule has 2 atom stereocenters. The molecule has 0 unspecified atom stereocenters. The van der Waals surface area contributed by atoms with Gasteiger partial charge >= 0.3 is 6.18 Å². The fourth-order valence-corrected chi connectivity index (χ4v) is 5.09. The molecule has 224 valence electrons. The molecule has 1 fully saturated rings. The van der Waals surface area contributed by atoms with Gasteiger partial charge in [-0.1, -0.05) is 38.1 Å². The third-order valence-corrected chi connectivity index (χ3v) is 7.68. The maximum absolute atomic E-state index is 15.6. The lowest BCUT2D eigenvalue weighted by molar-refractivity contribution is -0.137. The second-order valence-electron chi connectivity index (χ2n) is 11.2. The molecule has 0 aliphatic carbocycles. The number of alkyl halides is 4. The Morgan fingerprint density at radius 3 is 2.26 bits per heavy atom. The lowest BCUT2D eigenvalue weighted by Crippen LogP contribution is -2.53. The Bertz CT molecular complexity index is 1310. The first-order chi connectivity index (χ1) is 20.0. The van der Waals surface area contributed by atoms with Crippen LogP contribution >= 0.6 is 0 Å².